The van der Waals surface area contributed by atoms with Gasteiger partial charge in [0.25, 0.3) is 0 Å². The van der Waals surface area contributed by atoms with Crippen LogP contribution in [0.3, 0.4) is 0 Å². The third-order valence-electron chi connectivity index (χ3n) is 10.3. The topological polar surface area (TPSA) is 83.4 Å². The van der Waals surface area contributed by atoms with E-state index in [4.69, 9.17) is 13.3 Å². The molecule has 0 heterocycles. The molecule has 3 fully saturated rings. The predicted molar refractivity (Wildman–Crippen MR) is 129 cm³/mol. The van der Waals surface area contributed by atoms with Crippen LogP contribution in [0.2, 0.25) is 0 Å². The molecule has 0 aromatic heterocycles. The molecule has 3 saturated carbocycles. The van der Waals surface area contributed by atoms with Gasteiger partial charge < -0.3 is 14.2 Å². The summed E-state index contributed by atoms with van der Waals surface area (Å²) in [6.45, 7) is 12.6. The van der Waals surface area contributed by atoms with Gasteiger partial charge in [0.05, 0.1) is 6.10 Å². The van der Waals surface area contributed by atoms with Crippen LogP contribution in [0.4, 0.5) is 0 Å². The Bertz CT molecular complexity index is 694. The molecule has 1 N–H and O–H groups in total. The molecule has 0 aromatic rings. The van der Waals surface area contributed by atoms with Gasteiger partial charge in [-0.3, -0.25) is 4.21 Å². The molecule has 33 heavy (non-hydrogen) atoms. The van der Waals surface area contributed by atoms with Gasteiger partial charge >= 0.3 is 51.4 Å². The van der Waals surface area contributed by atoms with Gasteiger partial charge in [-0.2, -0.15) is 0 Å². The van der Waals surface area contributed by atoms with E-state index < -0.39 is 11.4 Å². The monoisotopic (exact) mass is 505 g/mol. The van der Waals surface area contributed by atoms with Crippen molar-refractivity contribution in [1.29, 1.82) is 0 Å². The van der Waals surface area contributed by atoms with Gasteiger partial charge in [-0.1, -0.05) is 65.5 Å². The first-order valence-electron chi connectivity index (χ1n) is 13.1. The van der Waals surface area contributed by atoms with E-state index in [0.717, 1.165) is 48.3 Å². The minimum Gasteiger partial charge on any atom is -0.784 e. The molecule has 0 aliphatic heterocycles. The van der Waals surface area contributed by atoms with Gasteiger partial charge in [0.1, 0.15) is 0 Å². The maximum atomic E-state index is 10.2. The molecule has 0 bridgehead atoms. The summed E-state index contributed by atoms with van der Waals surface area (Å²) in [5.41, 5.74) is 2.60. The molecule has 0 aromatic carbocycles. The second-order valence-corrected chi connectivity index (χ2v) is 12.8. The Morgan fingerprint density at radius 2 is 1.73 bits per heavy atom. The quantitative estimate of drug-likeness (QED) is 0.353. The molecule has 0 radical (unpaired) electrons. The van der Waals surface area contributed by atoms with Crippen molar-refractivity contribution in [2.45, 2.75) is 111 Å². The Hall–Kier alpha value is 1.41. The summed E-state index contributed by atoms with van der Waals surface area (Å²) in [5, 5.41) is 10.2. The summed E-state index contributed by atoms with van der Waals surface area (Å²) in [6, 6.07) is 0. The van der Waals surface area contributed by atoms with Crippen molar-refractivity contribution >= 4 is 11.4 Å². The van der Waals surface area contributed by atoms with Gasteiger partial charge in [-0.05, 0) is 97.7 Å². The minimum absolute atomic E-state index is 0. The number of aliphatic hydroxyl groups excluding tert-OH is 1. The van der Waals surface area contributed by atoms with Crippen molar-refractivity contribution in [3.05, 3.63) is 11.6 Å². The van der Waals surface area contributed by atoms with Crippen molar-refractivity contribution in [2.24, 2.45) is 46.3 Å². The smallest absolute Gasteiger partial charge is 0.784 e. The van der Waals surface area contributed by atoms with Crippen LogP contribution in [0.5, 0.6) is 0 Å². The zero-order chi connectivity index (χ0) is 23.7. The standard InChI is InChI=1S/C27H46O.K.H2O3S/c1-18(2)7-6-8-19(3)23-11-12-24-22-10-9-20-17-21(28)13-15-26(20,4)25(22)14-16-27(23,24)5;;1-4(2)3/h9,18-19,21-25,28H,6-8,10-17H2,1-5H3;;(H2,1,2,3)/q;+1;/p-2/t19-,21+,22+,23-,24+,25+,26+,27-;;/m1../s1. The summed E-state index contributed by atoms with van der Waals surface area (Å²) in [5.74, 6) is 5.46. The molecule has 0 unspecified atom stereocenters. The Labute approximate surface area is 248 Å². The van der Waals surface area contributed by atoms with E-state index in [0.29, 0.717) is 10.8 Å². The minimum atomic E-state index is -3.11. The molecule has 0 saturated heterocycles. The average Bonchev–Trinajstić information content (AvgIpc) is 3.05. The molecule has 8 atom stereocenters. The number of hydrogen-bond donors (Lipinski definition) is 1. The Morgan fingerprint density at radius 3 is 2.36 bits per heavy atom. The molecule has 4 aliphatic rings. The molecule has 6 heteroatoms. The van der Waals surface area contributed by atoms with Gasteiger partial charge in [-0.25, -0.2) is 0 Å². The van der Waals surface area contributed by atoms with Crippen LogP contribution in [0.25, 0.3) is 0 Å². The maximum Gasteiger partial charge on any atom is 1.00 e. The normalized spacial score (nSPS) is 40.5. The molecular weight excluding hydrogens is 459 g/mol. The van der Waals surface area contributed by atoms with Crippen LogP contribution >= 0.6 is 0 Å². The molecule has 4 rings (SSSR count). The van der Waals surface area contributed by atoms with Crippen LogP contribution in [-0.4, -0.2) is 24.5 Å². The number of fused-ring (bicyclic) bond motifs is 5. The zero-order valence-electron chi connectivity index (χ0n) is 22.0. The Balaban J connectivity index is 0.000000714. The second kappa shape index (κ2) is 12.8. The molecule has 4 nitrogen and oxygen atoms in total. The van der Waals surface area contributed by atoms with Gasteiger partial charge in [0.2, 0.25) is 0 Å². The Kier molecular flexibility index (Phi) is 11.9. The van der Waals surface area contributed by atoms with Crippen LogP contribution in [0.1, 0.15) is 105 Å². The first kappa shape index (κ1) is 30.6. The van der Waals surface area contributed by atoms with Crippen molar-refractivity contribution < 1.29 is 69.8 Å². The first-order valence-corrected chi connectivity index (χ1v) is 14.1. The van der Waals surface area contributed by atoms with Crippen molar-refractivity contribution in [3.8, 4) is 0 Å². The van der Waals surface area contributed by atoms with Gasteiger partial charge in [-0.15, -0.1) is 11.4 Å². The molecule has 0 spiro atoms. The molecule has 4 aliphatic carbocycles. The van der Waals surface area contributed by atoms with Crippen molar-refractivity contribution in [3.63, 3.8) is 0 Å². The van der Waals surface area contributed by atoms with Gasteiger partial charge in [0, 0.05) is 0 Å². The van der Waals surface area contributed by atoms with E-state index in [2.05, 4.69) is 40.7 Å². The van der Waals surface area contributed by atoms with Crippen molar-refractivity contribution in [1.82, 2.24) is 0 Å². The SMILES string of the molecule is CC(C)CCC[C@@H](C)[C@H]1CC[C@H]2[C@@H]3CC=C4C[C@@H](O)CC[C@]4(C)[C@H]3CC[C@]12C.O=S([O-])[O-].[K+]. The molecule has 0 amide bonds. The summed E-state index contributed by atoms with van der Waals surface area (Å²) in [4.78, 5) is 0. The largest absolute Gasteiger partial charge is 1.00 e. The Morgan fingerprint density at radius 1 is 1.06 bits per heavy atom. The fourth-order valence-corrected chi connectivity index (χ4v) is 8.67. The fraction of sp³-hybridized carbons (Fsp3) is 0.926. The predicted octanol–water partition coefficient (Wildman–Crippen LogP) is 3.39. The van der Waals surface area contributed by atoms with E-state index in [-0.39, 0.29) is 57.5 Å². The first-order chi connectivity index (χ1) is 15.0. The third-order valence-corrected chi connectivity index (χ3v) is 10.3. The summed E-state index contributed by atoms with van der Waals surface area (Å²) in [7, 11) is 0. The number of aliphatic hydroxyl groups is 1. The maximum absolute atomic E-state index is 10.2. The number of rotatable bonds is 5. The van der Waals surface area contributed by atoms with E-state index >= 15 is 0 Å². The van der Waals surface area contributed by atoms with Gasteiger partial charge in [0.15, 0.2) is 0 Å². The third kappa shape index (κ3) is 6.84. The number of hydrogen-bond acceptors (Lipinski definition) is 4. The van der Waals surface area contributed by atoms with Crippen LogP contribution in [0.15, 0.2) is 11.6 Å². The zero-order valence-corrected chi connectivity index (χ0v) is 25.9. The fourth-order valence-electron chi connectivity index (χ4n) is 8.67. The van der Waals surface area contributed by atoms with Crippen LogP contribution in [-0.2, 0) is 11.4 Å². The summed E-state index contributed by atoms with van der Waals surface area (Å²) < 4.78 is 25.3. The van der Waals surface area contributed by atoms with Crippen LogP contribution < -0.4 is 51.4 Å². The van der Waals surface area contributed by atoms with Crippen molar-refractivity contribution in [2.75, 3.05) is 0 Å². The second-order valence-electron chi connectivity index (χ2n) is 12.4. The number of allylic oxidation sites excluding steroid dienone is 1. The van der Waals surface area contributed by atoms with Crippen LogP contribution in [0, 0.1) is 46.3 Å². The molecule has 186 valence electrons. The molecular formula is C27H46KO4S-. The van der Waals surface area contributed by atoms with E-state index in [1.807, 2.05) is 0 Å². The summed E-state index contributed by atoms with van der Waals surface area (Å²) in [6.07, 6.45) is 17.2. The van der Waals surface area contributed by atoms with E-state index in [9.17, 15) is 5.11 Å². The average molecular weight is 506 g/mol. The summed E-state index contributed by atoms with van der Waals surface area (Å²) >= 11 is -3.11. The van der Waals surface area contributed by atoms with E-state index in [1.54, 1.807) is 5.57 Å². The van der Waals surface area contributed by atoms with E-state index in [1.165, 1.54) is 57.8 Å².